The Morgan fingerprint density at radius 1 is 1.43 bits per heavy atom. The molecule has 1 saturated carbocycles. The molecule has 2 rings (SSSR count). The van der Waals surface area contributed by atoms with E-state index in [4.69, 9.17) is 16.7 Å². The number of aromatic carboxylic acids is 1. The molecular weight excluding hydrogens is 292 g/mol. The molecule has 0 aliphatic heterocycles. The summed E-state index contributed by atoms with van der Waals surface area (Å²) in [4.78, 5) is 25.0. The molecule has 0 saturated heterocycles. The number of anilines is 1. The first-order chi connectivity index (χ1) is 9.88. The molecular formula is C15H19ClN2O3. The molecule has 0 aromatic heterocycles. The molecule has 21 heavy (non-hydrogen) atoms. The highest BCUT2D eigenvalue weighted by Gasteiger charge is 2.33. The molecule has 0 unspecified atom stereocenters. The Labute approximate surface area is 128 Å². The summed E-state index contributed by atoms with van der Waals surface area (Å²) in [6.45, 7) is 4.83. The van der Waals surface area contributed by atoms with E-state index in [-0.39, 0.29) is 16.6 Å². The molecule has 2 N–H and O–H groups in total. The number of halogens is 1. The Morgan fingerprint density at radius 3 is 2.57 bits per heavy atom. The Balaban J connectivity index is 2.09. The first kappa shape index (κ1) is 15.6. The number of rotatable bonds is 5. The molecule has 6 heteroatoms. The van der Waals surface area contributed by atoms with Crippen molar-refractivity contribution >= 4 is 29.3 Å². The fourth-order valence-corrected chi connectivity index (χ4v) is 2.34. The topological polar surface area (TPSA) is 69.6 Å². The third kappa shape index (κ3) is 4.11. The summed E-state index contributed by atoms with van der Waals surface area (Å²) >= 11 is 6.03. The molecule has 114 valence electrons. The van der Waals surface area contributed by atoms with E-state index in [0.29, 0.717) is 24.2 Å². The standard InChI is InChI=1S/C15H19ClN2O3/c1-9(2)8-18(11-4-5-11)15(21)17-13-6-3-10(14(19)20)7-12(13)16/h3,6-7,9,11H,4-5,8H2,1-2H3,(H,17,21)(H,19,20). The number of hydrogen-bond acceptors (Lipinski definition) is 2. The highest BCUT2D eigenvalue weighted by molar-refractivity contribution is 6.34. The van der Waals surface area contributed by atoms with Crippen LogP contribution in [0.25, 0.3) is 0 Å². The maximum Gasteiger partial charge on any atom is 0.335 e. The van der Waals surface area contributed by atoms with Gasteiger partial charge in [0.25, 0.3) is 0 Å². The fourth-order valence-electron chi connectivity index (χ4n) is 2.11. The van der Waals surface area contributed by atoms with Crippen molar-refractivity contribution in [3.8, 4) is 0 Å². The first-order valence-corrected chi connectivity index (χ1v) is 7.36. The van der Waals surface area contributed by atoms with E-state index in [9.17, 15) is 9.59 Å². The predicted octanol–water partition coefficient (Wildman–Crippen LogP) is 3.69. The van der Waals surface area contributed by atoms with Crippen molar-refractivity contribution in [2.45, 2.75) is 32.7 Å². The van der Waals surface area contributed by atoms with Crippen molar-refractivity contribution in [3.63, 3.8) is 0 Å². The largest absolute Gasteiger partial charge is 0.478 e. The van der Waals surface area contributed by atoms with E-state index in [0.717, 1.165) is 12.8 Å². The summed E-state index contributed by atoms with van der Waals surface area (Å²) in [5, 5.41) is 11.9. The van der Waals surface area contributed by atoms with Gasteiger partial charge in [0.05, 0.1) is 16.3 Å². The zero-order valence-electron chi connectivity index (χ0n) is 12.1. The van der Waals surface area contributed by atoms with Crippen molar-refractivity contribution in [3.05, 3.63) is 28.8 Å². The Morgan fingerprint density at radius 2 is 2.10 bits per heavy atom. The van der Waals surface area contributed by atoms with Crippen LogP contribution in [0.15, 0.2) is 18.2 Å². The summed E-state index contributed by atoms with van der Waals surface area (Å²) < 4.78 is 0. The molecule has 1 aliphatic carbocycles. The molecule has 0 atom stereocenters. The second-order valence-corrected chi connectivity index (χ2v) is 6.11. The van der Waals surface area contributed by atoms with E-state index in [2.05, 4.69) is 19.2 Å². The zero-order chi connectivity index (χ0) is 15.6. The number of nitrogens with zero attached hydrogens (tertiary/aromatic N) is 1. The van der Waals surface area contributed by atoms with E-state index in [1.807, 2.05) is 4.90 Å². The van der Waals surface area contributed by atoms with E-state index in [1.165, 1.54) is 18.2 Å². The van der Waals surface area contributed by atoms with Gasteiger partial charge in [-0.25, -0.2) is 9.59 Å². The van der Waals surface area contributed by atoms with Crippen molar-refractivity contribution in [1.82, 2.24) is 4.90 Å². The van der Waals surface area contributed by atoms with Crippen molar-refractivity contribution in [2.24, 2.45) is 5.92 Å². The molecule has 1 aliphatic rings. The normalized spacial score (nSPS) is 14.1. The van der Waals surface area contributed by atoms with Crippen LogP contribution in [-0.4, -0.2) is 34.6 Å². The lowest BCUT2D eigenvalue weighted by Crippen LogP contribution is -2.39. The van der Waals surface area contributed by atoms with Crippen molar-refractivity contribution < 1.29 is 14.7 Å². The van der Waals surface area contributed by atoms with Crippen LogP contribution in [0.4, 0.5) is 10.5 Å². The van der Waals surface area contributed by atoms with Crippen molar-refractivity contribution in [1.29, 1.82) is 0 Å². The number of urea groups is 1. The van der Waals surface area contributed by atoms with Crippen molar-refractivity contribution in [2.75, 3.05) is 11.9 Å². The molecule has 0 radical (unpaired) electrons. The van der Waals surface area contributed by atoms with Gasteiger partial charge in [-0.2, -0.15) is 0 Å². The number of nitrogens with one attached hydrogen (secondary N) is 1. The molecule has 0 bridgehead atoms. The molecule has 2 amide bonds. The third-order valence-corrected chi connectivity index (χ3v) is 3.58. The van der Waals surface area contributed by atoms with E-state index < -0.39 is 5.97 Å². The molecule has 1 aromatic rings. The fraction of sp³-hybridized carbons (Fsp3) is 0.467. The molecule has 5 nitrogen and oxygen atoms in total. The van der Waals surface area contributed by atoms with Gasteiger partial charge in [-0.3, -0.25) is 0 Å². The van der Waals surface area contributed by atoms with Crippen LogP contribution >= 0.6 is 11.6 Å². The van der Waals surface area contributed by atoms with Crippen LogP contribution in [0.2, 0.25) is 5.02 Å². The molecule has 0 spiro atoms. The van der Waals surface area contributed by atoms with E-state index >= 15 is 0 Å². The SMILES string of the molecule is CC(C)CN(C(=O)Nc1ccc(C(=O)O)cc1Cl)C1CC1. The minimum atomic E-state index is -1.05. The molecule has 1 fully saturated rings. The maximum atomic E-state index is 12.3. The Bertz CT molecular complexity index is 556. The summed E-state index contributed by atoms with van der Waals surface area (Å²) in [5.74, 6) is -0.657. The zero-order valence-corrected chi connectivity index (χ0v) is 12.9. The predicted molar refractivity (Wildman–Crippen MR) is 82.0 cm³/mol. The summed E-state index contributed by atoms with van der Waals surface area (Å²) in [6.07, 6.45) is 2.07. The third-order valence-electron chi connectivity index (χ3n) is 3.27. The lowest BCUT2D eigenvalue weighted by molar-refractivity contribution is 0.0697. The monoisotopic (exact) mass is 310 g/mol. The van der Waals surface area contributed by atoms with Gasteiger partial charge in [-0.05, 0) is 37.0 Å². The Kier molecular flexibility index (Phi) is 4.73. The molecule has 0 heterocycles. The number of amides is 2. The lowest BCUT2D eigenvalue weighted by Gasteiger charge is -2.25. The van der Waals surface area contributed by atoms with Crippen LogP contribution < -0.4 is 5.32 Å². The number of carbonyl (C=O) groups is 2. The summed E-state index contributed by atoms with van der Waals surface area (Å²) in [5.41, 5.74) is 0.528. The van der Waals surface area contributed by atoms with Crippen LogP contribution in [0.3, 0.4) is 0 Å². The van der Waals surface area contributed by atoms with Crippen LogP contribution in [0, 0.1) is 5.92 Å². The average molecular weight is 311 g/mol. The van der Waals surface area contributed by atoms with Crippen LogP contribution in [0.1, 0.15) is 37.0 Å². The number of benzene rings is 1. The first-order valence-electron chi connectivity index (χ1n) is 6.99. The minimum absolute atomic E-state index is 0.0965. The second kappa shape index (κ2) is 6.35. The summed E-state index contributed by atoms with van der Waals surface area (Å²) in [7, 11) is 0. The smallest absolute Gasteiger partial charge is 0.335 e. The maximum absolute atomic E-state index is 12.3. The molecule has 1 aromatic carbocycles. The Hall–Kier alpha value is -1.75. The van der Waals surface area contributed by atoms with Gasteiger partial charge >= 0.3 is 12.0 Å². The second-order valence-electron chi connectivity index (χ2n) is 5.71. The minimum Gasteiger partial charge on any atom is -0.478 e. The van der Waals surface area contributed by atoms with Gasteiger partial charge in [0.15, 0.2) is 0 Å². The lowest BCUT2D eigenvalue weighted by atomic mass is 10.2. The summed E-state index contributed by atoms with van der Waals surface area (Å²) in [6, 6.07) is 4.40. The van der Waals surface area contributed by atoms with Gasteiger partial charge in [-0.15, -0.1) is 0 Å². The highest BCUT2D eigenvalue weighted by Crippen LogP contribution is 2.29. The van der Waals surface area contributed by atoms with Gasteiger partial charge in [0.1, 0.15) is 0 Å². The van der Waals surface area contributed by atoms with Gasteiger partial charge < -0.3 is 15.3 Å². The quantitative estimate of drug-likeness (QED) is 0.871. The number of carboxylic acid groups (broad SMARTS) is 1. The number of hydrogen-bond donors (Lipinski definition) is 2. The van der Waals surface area contributed by atoms with Crippen LogP contribution in [0.5, 0.6) is 0 Å². The highest BCUT2D eigenvalue weighted by atomic mass is 35.5. The van der Waals surface area contributed by atoms with Gasteiger partial charge in [0, 0.05) is 12.6 Å². The van der Waals surface area contributed by atoms with E-state index in [1.54, 1.807) is 0 Å². The van der Waals surface area contributed by atoms with Crippen LogP contribution in [-0.2, 0) is 0 Å². The number of carbonyl (C=O) groups excluding carboxylic acids is 1. The van der Waals surface area contributed by atoms with Gasteiger partial charge in [0.2, 0.25) is 0 Å². The number of carboxylic acids is 1. The van der Waals surface area contributed by atoms with Gasteiger partial charge in [-0.1, -0.05) is 25.4 Å². The average Bonchev–Trinajstić information content (AvgIpc) is 3.22.